The number of aromatic nitrogens is 5. The molecule has 2 fully saturated rings. The third-order valence-corrected chi connectivity index (χ3v) is 7.01. The minimum absolute atomic E-state index is 0.0590. The number of hydrogen-bond acceptors (Lipinski definition) is 10. The van der Waals surface area contributed by atoms with Gasteiger partial charge in [-0.2, -0.15) is 0 Å². The van der Waals surface area contributed by atoms with Gasteiger partial charge in [0.05, 0.1) is 31.6 Å². The molecule has 2 aliphatic heterocycles. The number of carbonyl (C=O) groups is 1. The molecule has 2 aromatic heterocycles. The van der Waals surface area contributed by atoms with E-state index in [1.807, 2.05) is 11.5 Å². The van der Waals surface area contributed by atoms with E-state index in [2.05, 4.69) is 15.1 Å². The first-order valence-corrected chi connectivity index (χ1v) is 12.5. The number of nitrogens with two attached hydrogens (primary N) is 1. The zero-order chi connectivity index (χ0) is 24.2. The highest BCUT2D eigenvalue weighted by Crippen LogP contribution is 2.26. The molecule has 186 valence electrons. The van der Waals surface area contributed by atoms with Crippen molar-refractivity contribution in [3.8, 4) is 0 Å². The van der Waals surface area contributed by atoms with Gasteiger partial charge in [0.2, 0.25) is 5.95 Å². The van der Waals surface area contributed by atoms with Crippen LogP contribution in [-0.2, 0) is 29.6 Å². The fourth-order valence-electron chi connectivity index (χ4n) is 4.22. The van der Waals surface area contributed by atoms with Crippen molar-refractivity contribution >= 4 is 29.3 Å². The van der Waals surface area contributed by atoms with E-state index in [-0.39, 0.29) is 23.2 Å². The minimum Gasteiger partial charge on any atom is -0.384 e. The molecule has 0 radical (unpaired) electrons. The lowest BCUT2D eigenvalue weighted by Crippen LogP contribution is -2.42. The molecule has 2 saturated heterocycles. The van der Waals surface area contributed by atoms with Crippen LogP contribution >= 0.6 is 11.8 Å². The Kier molecular flexibility index (Phi) is 7.73. The third kappa shape index (κ3) is 4.91. The Morgan fingerprint density at radius 3 is 2.62 bits per heavy atom. The summed E-state index contributed by atoms with van der Waals surface area (Å²) in [6, 6.07) is 0. The van der Waals surface area contributed by atoms with E-state index >= 15 is 0 Å². The van der Waals surface area contributed by atoms with Crippen molar-refractivity contribution in [2.24, 2.45) is 7.05 Å². The topological polar surface area (TPSA) is 140 Å². The predicted molar refractivity (Wildman–Crippen MR) is 128 cm³/mol. The fourth-order valence-corrected chi connectivity index (χ4v) is 5.04. The van der Waals surface area contributed by atoms with E-state index in [0.717, 1.165) is 30.0 Å². The molecule has 0 spiro atoms. The predicted octanol–water partition coefficient (Wildman–Crippen LogP) is 0.121. The molecule has 2 aromatic rings. The highest BCUT2D eigenvalue weighted by atomic mass is 32.2. The number of ether oxygens (including phenoxy) is 2. The van der Waals surface area contributed by atoms with E-state index in [1.165, 1.54) is 23.4 Å². The number of hydrogen-bond donors (Lipinski definition) is 1. The van der Waals surface area contributed by atoms with Crippen LogP contribution in [0.3, 0.4) is 0 Å². The van der Waals surface area contributed by atoms with Gasteiger partial charge in [-0.3, -0.25) is 23.3 Å². The molecule has 1 atom stereocenters. The second-order valence-electron chi connectivity index (χ2n) is 8.40. The molecule has 1 unspecified atom stereocenters. The van der Waals surface area contributed by atoms with Gasteiger partial charge in [-0.25, -0.2) is 4.79 Å². The fraction of sp³-hybridized carbons (Fsp3) is 0.667. The molecule has 13 heteroatoms. The van der Waals surface area contributed by atoms with Crippen LogP contribution in [0.2, 0.25) is 0 Å². The standard InChI is InChI=1S/C21H31N7O5S/c1-3-6-27-17(22)16(18(30)25(2)21(27)31)15(29)13-34-20-24-23-19(26-7-10-32-11-8-26)28(20)12-14-5-4-9-33-14/h14H,3-13,22H2,1-2H3. The maximum Gasteiger partial charge on any atom is 0.332 e. The lowest BCUT2D eigenvalue weighted by molar-refractivity contribution is 0.0942. The van der Waals surface area contributed by atoms with Crippen LogP contribution in [0.15, 0.2) is 14.7 Å². The molecular formula is C21H31N7O5S. The van der Waals surface area contributed by atoms with Gasteiger partial charge in [-0.1, -0.05) is 18.7 Å². The van der Waals surface area contributed by atoms with E-state index in [9.17, 15) is 14.4 Å². The van der Waals surface area contributed by atoms with Crippen molar-refractivity contribution in [1.82, 2.24) is 23.9 Å². The summed E-state index contributed by atoms with van der Waals surface area (Å²) in [6.07, 6.45) is 2.67. The molecule has 0 amide bonds. The number of carbonyl (C=O) groups excluding carboxylic acids is 1. The van der Waals surface area contributed by atoms with Crippen LogP contribution in [0.25, 0.3) is 0 Å². The Labute approximate surface area is 201 Å². The second kappa shape index (κ2) is 10.7. The minimum atomic E-state index is -0.685. The summed E-state index contributed by atoms with van der Waals surface area (Å²) in [6.45, 7) is 6.18. The summed E-state index contributed by atoms with van der Waals surface area (Å²) in [5, 5.41) is 9.30. The second-order valence-corrected chi connectivity index (χ2v) is 9.34. The van der Waals surface area contributed by atoms with Crippen LogP contribution in [-0.4, -0.2) is 74.4 Å². The number of morpholine rings is 1. The van der Waals surface area contributed by atoms with Crippen LogP contribution in [0.4, 0.5) is 11.8 Å². The summed E-state index contributed by atoms with van der Waals surface area (Å²) >= 11 is 1.20. The summed E-state index contributed by atoms with van der Waals surface area (Å²) in [5.41, 5.74) is 4.72. The SMILES string of the molecule is CCCn1c(N)c(C(=O)CSc2nnc(N3CCOCC3)n2CC2CCCO2)c(=O)n(C)c1=O. The summed E-state index contributed by atoms with van der Waals surface area (Å²) in [5.74, 6) is 0.125. The molecular weight excluding hydrogens is 462 g/mol. The van der Waals surface area contributed by atoms with Gasteiger partial charge in [-0.05, 0) is 19.3 Å². The summed E-state index contributed by atoms with van der Waals surface area (Å²) in [7, 11) is 1.35. The van der Waals surface area contributed by atoms with Gasteiger partial charge >= 0.3 is 5.69 Å². The quantitative estimate of drug-likeness (QED) is 0.378. The lowest BCUT2D eigenvalue weighted by Gasteiger charge is -2.28. The average molecular weight is 494 g/mol. The van der Waals surface area contributed by atoms with E-state index in [4.69, 9.17) is 15.2 Å². The molecule has 0 saturated carbocycles. The lowest BCUT2D eigenvalue weighted by atomic mass is 10.2. The summed E-state index contributed by atoms with van der Waals surface area (Å²) in [4.78, 5) is 40.3. The Bertz CT molecular complexity index is 1150. The first-order chi connectivity index (χ1) is 16.4. The van der Waals surface area contributed by atoms with Crippen LogP contribution in [0.5, 0.6) is 0 Å². The van der Waals surface area contributed by atoms with E-state index in [1.54, 1.807) is 0 Å². The zero-order valence-electron chi connectivity index (χ0n) is 19.6. The zero-order valence-corrected chi connectivity index (χ0v) is 20.4. The Hall–Kier alpha value is -2.64. The smallest absolute Gasteiger partial charge is 0.332 e. The number of anilines is 2. The van der Waals surface area contributed by atoms with Crippen molar-refractivity contribution in [2.45, 2.75) is 50.5 Å². The Balaban J connectivity index is 1.58. The highest BCUT2D eigenvalue weighted by Gasteiger charge is 2.27. The molecule has 2 aliphatic rings. The first-order valence-electron chi connectivity index (χ1n) is 11.5. The number of ketones is 1. The molecule has 0 bridgehead atoms. The first kappa shape index (κ1) is 24.5. The third-order valence-electron chi connectivity index (χ3n) is 6.04. The van der Waals surface area contributed by atoms with Crippen molar-refractivity contribution in [3.05, 3.63) is 26.4 Å². The van der Waals surface area contributed by atoms with Crippen LogP contribution in [0, 0.1) is 0 Å². The molecule has 4 heterocycles. The van der Waals surface area contributed by atoms with E-state index < -0.39 is 17.0 Å². The number of thioether (sulfide) groups is 1. The number of nitrogen functional groups attached to an aromatic ring is 1. The van der Waals surface area contributed by atoms with E-state index in [0.29, 0.717) is 51.0 Å². The normalized spacial score (nSPS) is 18.5. The largest absolute Gasteiger partial charge is 0.384 e. The van der Waals surface area contributed by atoms with Crippen LogP contribution in [0.1, 0.15) is 36.5 Å². The number of nitrogens with zero attached hydrogens (tertiary/aromatic N) is 6. The van der Waals surface area contributed by atoms with Gasteiger partial charge < -0.3 is 20.1 Å². The highest BCUT2D eigenvalue weighted by molar-refractivity contribution is 7.99. The molecule has 12 nitrogen and oxygen atoms in total. The van der Waals surface area contributed by atoms with Crippen LogP contribution < -0.4 is 21.9 Å². The van der Waals surface area contributed by atoms with Gasteiger partial charge in [-0.15, -0.1) is 10.2 Å². The average Bonchev–Trinajstić information content (AvgIpc) is 3.50. The van der Waals surface area contributed by atoms with Crippen molar-refractivity contribution in [3.63, 3.8) is 0 Å². The number of Topliss-reactive ketones (excluding diaryl/α,β-unsaturated/α-hetero) is 1. The molecule has 34 heavy (non-hydrogen) atoms. The van der Waals surface area contributed by atoms with Gasteiger partial charge in [0.1, 0.15) is 11.4 Å². The monoisotopic (exact) mass is 493 g/mol. The Morgan fingerprint density at radius 1 is 1.18 bits per heavy atom. The van der Waals surface area contributed by atoms with Crippen molar-refractivity contribution < 1.29 is 14.3 Å². The van der Waals surface area contributed by atoms with Gasteiger partial charge in [0, 0.05) is 33.3 Å². The molecule has 0 aliphatic carbocycles. The van der Waals surface area contributed by atoms with Crippen molar-refractivity contribution in [1.29, 1.82) is 0 Å². The van der Waals surface area contributed by atoms with Gasteiger partial charge in [0.25, 0.3) is 5.56 Å². The van der Waals surface area contributed by atoms with Gasteiger partial charge in [0.15, 0.2) is 10.9 Å². The Morgan fingerprint density at radius 2 is 1.94 bits per heavy atom. The number of rotatable bonds is 9. The molecule has 0 aromatic carbocycles. The summed E-state index contributed by atoms with van der Waals surface area (Å²) < 4.78 is 15.5. The van der Waals surface area contributed by atoms with Crippen molar-refractivity contribution in [2.75, 3.05) is 49.3 Å². The molecule has 2 N–H and O–H groups in total. The molecule has 4 rings (SSSR count). The maximum absolute atomic E-state index is 13.1. The maximum atomic E-state index is 13.1.